The van der Waals surface area contributed by atoms with Crippen LogP contribution in [0.15, 0.2) is 16.6 Å². The molecule has 2 heterocycles. The van der Waals surface area contributed by atoms with Crippen molar-refractivity contribution in [3.05, 3.63) is 28.0 Å². The van der Waals surface area contributed by atoms with Crippen LogP contribution in [0.4, 0.5) is 0 Å². The number of nitrogens with zero attached hydrogens (tertiary/aromatic N) is 3. The van der Waals surface area contributed by atoms with Crippen molar-refractivity contribution in [1.29, 1.82) is 5.26 Å². The number of hydrogen-bond donors (Lipinski definition) is 0. The van der Waals surface area contributed by atoms with Gasteiger partial charge in [-0.1, -0.05) is 0 Å². The Bertz CT molecular complexity index is 592. The molecule has 0 bridgehead atoms. The number of fused-ring (bicyclic) bond motifs is 3. The van der Waals surface area contributed by atoms with Crippen LogP contribution < -0.4 is 0 Å². The highest BCUT2D eigenvalue weighted by Crippen LogP contribution is 2.27. The number of imidazole rings is 1. The molecule has 1 aromatic carbocycles. The maximum Gasteiger partial charge on any atom is 0.109 e. The Morgan fingerprint density at radius 3 is 3.13 bits per heavy atom. The molecule has 1 aliphatic rings. The molecule has 3 nitrogen and oxygen atoms in total. The average Bonchev–Trinajstić information content (AvgIpc) is 2.76. The van der Waals surface area contributed by atoms with Gasteiger partial charge in [0.15, 0.2) is 0 Å². The lowest BCUT2D eigenvalue weighted by atomic mass is 10.2. The zero-order valence-corrected chi connectivity index (χ0v) is 9.58. The molecule has 74 valence electrons. The summed E-state index contributed by atoms with van der Waals surface area (Å²) in [6.07, 6.45) is 2.21. The predicted molar refractivity (Wildman–Crippen MR) is 60.5 cm³/mol. The lowest BCUT2D eigenvalue weighted by Crippen LogP contribution is -1.91. The van der Waals surface area contributed by atoms with Crippen LogP contribution in [-0.4, -0.2) is 9.55 Å². The Morgan fingerprint density at radius 1 is 1.47 bits per heavy atom. The first kappa shape index (κ1) is 8.93. The summed E-state index contributed by atoms with van der Waals surface area (Å²) in [4.78, 5) is 4.55. The van der Waals surface area contributed by atoms with Crippen LogP contribution in [-0.2, 0) is 13.0 Å². The van der Waals surface area contributed by atoms with Gasteiger partial charge < -0.3 is 4.57 Å². The van der Waals surface area contributed by atoms with Crippen LogP contribution in [0.5, 0.6) is 0 Å². The van der Waals surface area contributed by atoms with Gasteiger partial charge in [-0.05, 0) is 34.5 Å². The number of halogens is 1. The molecular weight excluding hydrogens is 254 g/mol. The van der Waals surface area contributed by atoms with E-state index in [1.54, 1.807) is 0 Å². The van der Waals surface area contributed by atoms with Gasteiger partial charge in [-0.2, -0.15) is 5.26 Å². The number of nitriles is 1. The van der Waals surface area contributed by atoms with Crippen molar-refractivity contribution in [1.82, 2.24) is 9.55 Å². The lowest BCUT2D eigenvalue weighted by molar-refractivity contribution is 0.771. The highest BCUT2D eigenvalue weighted by atomic mass is 79.9. The fourth-order valence-electron chi connectivity index (χ4n) is 2.12. The first-order chi connectivity index (χ1) is 7.29. The van der Waals surface area contributed by atoms with E-state index in [2.05, 4.69) is 31.6 Å². The van der Waals surface area contributed by atoms with E-state index in [9.17, 15) is 0 Å². The van der Waals surface area contributed by atoms with Crippen molar-refractivity contribution in [2.45, 2.75) is 19.4 Å². The molecule has 0 atom stereocenters. The molecule has 0 unspecified atom stereocenters. The summed E-state index contributed by atoms with van der Waals surface area (Å²) in [5.41, 5.74) is 2.75. The molecule has 2 aromatic rings. The quantitative estimate of drug-likeness (QED) is 0.732. The minimum atomic E-state index is 0.678. The van der Waals surface area contributed by atoms with Crippen LogP contribution in [0.3, 0.4) is 0 Å². The molecule has 1 aliphatic heterocycles. The normalized spacial score (nSPS) is 14.1. The summed E-state index contributed by atoms with van der Waals surface area (Å²) in [7, 11) is 0. The van der Waals surface area contributed by atoms with Crippen molar-refractivity contribution >= 4 is 27.0 Å². The summed E-state index contributed by atoms with van der Waals surface area (Å²) in [6.45, 7) is 1.03. The molecule has 0 spiro atoms. The van der Waals surface area contributed by atoms with Crippen molar-refractivity contribution in [2.24, 2.45) is 0 Å². The van der Waals surface area contributed by atoms with Gasteiger partial charge in [0.25, 0.3) is 0 Å². The van der Waals surface area contributed by atoms with Gasteiger partial charge in [0.1, 0.15) is 11.9 Å². The highest BCUT2D eigenvalue weighted by molar-refractivity contribution is 9.10. The Labute approximate surface area is 95.5 Å². The van der Waals surface area contributed by atoms with Crippen molar-refractivity contribution in [2.75, 3.05) is 0 Å². The van der Waals surface area contributed by atoms with Crippen LogP contribution in [0, 0.1) is 11.3 Å². The van der Waals surface area contributed by atoms with Crippen LogP contribution >= 0.6 is 15.9 Å². The molecule has 0 fully saturated rings. The molecule has 0 aliphatic carbocycles. The van der Waals surface area contributed by atoms with Gasteiger partial charge in [-0.15, -0.1) is 0 Å². The smallest absolute Gasteiger partial charge is 0.109 e. The van der Waals surface area contributed by atoms with E-state index in [1.165, 1.54) is 0 Å². The van der Waals surface area contributed by atoms with Crippen molar-refractivity contribution in [3.8, 4) is 6.07 Å². The van der Waals surface area contributed by atoms with Crippen LogP contribution in [0.25, 0.3) is 11.0 Å². The molecule has 0 saturated carbocycles. The number of benzene rings is 1. The fourth-order valence-corrected chi connectivity index (χ4v) is 2.54. The summed E-state index contributed by atoms with van der Waals surface area (Å²) in [5.74, 6) is 1.15. The molecule has 1 aromatic heterocycles. The third kappa shape index (κ3) is 1.20. The third-order valence-corrected chi connectivity index (χ3v) is 3.47. The summed E-state index contributed by atoms with van der Waals surface area (Å²) >= 11 is 3.38. The van der Waals surface area contributed by atoms with E-state index < -0.39 is 0 Å². The standard InChI is InChI=1S/C11H8BrN3/c12-8-5-9-10(4-7(8)6-13)15-3-1-2-11(15)14-9/h4-5H,1-3H2. The largest absolute Gasteiger partial charge is 0.328 e. The average molecular weight is 262 g/mol. The SMILES string of the molecule is N#Cc1cc2c(cc1Br)nc1n2CCC1. The van der Waals surface area contributed by atoms with Crippen LogP contribution in [0.1, 0.15) is 17.8 Å². The molecular formula is C11H8BrN3. The number of hydrogen-bond acceptors (Lipinski definition) is 2. The van der Waals surface area contributed by atoms with E-state index in [0.717, 1.165) is 40.7 Å². The molecule has 0 radical (unpaired) electrons. The van der Waals surface area contributed by atoms with Gasteiger partial charge in [-0.25, -0.2) is 4.98 Å². The predicted octanol–water partition coefficient (Wildman–Crippen LogP) is 2.62. The molecule has 4 heteroatoms. The van der Waals surface area contributed by atoms with Gasteiger partial charge >= 0.3 is 0 Å². The van der Waals surface area contributed by atoms with E-state index in [0.29, 0.717) is 5.56 Å². The zero-order chi connectivity index (χ0) is 10.4. The first-order valence-corrected chi connectivity index (χ1v) is 5.67. The van der Waals surface area contributed by atoms with Gasteiger partial charge in [-0.3, -0.25) is 0 Å². The molecule has 15 heavy (non-hydrogen) atoms. The van der Waals surface area contributed by atoms with Gasteiger partial charge in [0, 0.05) is 17.4 Å². The highest BCUT2D eigenvalue weighted by Gasteiger charge is 2.17. The van der Waals surface area contributed by atoms with E-state index >= 15 is 0 Å². The topological polar surface area (TPSA) is 41.6 Å². The minimum Gasteiger partial charge on any atom is -0.328 e. The second kappa shape index (κ2) is 3.07. The summed E-state index contributed by atoms with van der Waals surface area (Å²) in [6, 6.07) is 6.03. The molecule has 3 rings (SSSR count). The van der Waals surface area contributed by atoms with E-state index in [4.69, 9.17) is 5.26 Å². The third-order valence-electron chi connectivity index (χ3n) is 2.82. The number of rotatable bonds is 0. The van der Waals surface area contributed by atoms with Gasteiger partial charge in [0.05, 0.1) is 16.6 Å². The molecule has 0 saturated heterocycles. The van der Waals surface area contributed by atoms with Crippen LogP contribution in [0.2, 0.25) is 0 Å². The molecule has 0 N–H and O–H groups in total. The second-order valence-electron chi connectivity index (χ2n) is 3.72. The second-order valence-corrected chi connectivity index (χ2v) is 4.57. The summed E-state index contributed by atoms with van der Waals surface area (Å²) < 4.78 is 3.04. The van der Waals surface area contributed by atoms with Gasteiger partial charge in [0.2, 0.25) is 0 Å². The minimum absolute atomic E-state index is 0.678. The van der Waals surface area contributed by atoms with Crippen molar-refractivity contribution in [3.63, 3.8) is 0 Å². The Balaban J connectivity index is 2.38. The first-order valence-electron chi connectivity index (χ1n) is 4.88. The Morgan fingerprint density at radius 2 is 2.33 bits per heavy atom. The monoisotopic (exact) mass is 261 g/mol. The Hall–Kier alpha value is -1.34. The lowest BCUT2D eigenvalue weighted by Gasteiger charge is -1.99. The van der Waals surface area contributed by atoms with Crippen molar-refractivity contribution < 1.29 is 0 Å². The Kier molecular flexibility index (Phi) is 1.83. The summed E-state index contributed by atoms with van der Waals surface area (Å²) in [5, 5.41) is 8.95. The maximum absolute atomic E-state index is 8.95. The maximum atomic E-state index is 8.95. The van der Waals surface area contributed by atoms with E-state index in [-0.39, 0.29) is 0 Å². The number of aromatic nitrogens is 2. The molecule has 0 amide bonds. The zero-order valence-electron chi connectivity index (χ0n) is 8.00. The van der Waals surface area contributed by atoms with E-state index in [1.807, 2.05) is 12.1 Å². The number of aryl methyl sites for hydroxylation is 2. The fraction of sp³-hybridized carbons (Fsp3) is 0.273.